The molecule has 368 valence electrons. The van der Waals surface area contributed by atoms with Gasteiger partial charge in [-0.3, -0.25) is 43.5 Å². The number of benzene rings is 1. The predicted molar refractivity (Wildman–Crippen MR) is 245 cm³/mol. The van der Waals surface area contributed by atoms with E-state index < -0.39 is 89.6 Å². The lowest BCUT2D eigenvalue weighted by Gasteiger charge is -2.27. The van der Waals surface area contributed by atoms with Gasteiger partial charge in [0.25, 0.3) is 0 Å². The van der Waals surface area contributed by atoms with Crippen molar-refractivity contribution in [2.45, 2.75) is 120 Å². The van der Waals surface area contributed by atoms with E-state index in [4.69, 9.17) is 28.7 Å². The molecule has 0 aromatic heterocycles. The molecule has 25 nitrogen and oxygen atoms in total. The molecule has 0 heterocycles. The standard InChI is InChI=1S/C41H69N15O10/c1-24(47-3)34(60)55-31(39(65)66)14-9-19-48-33(59)16-15-29(53-35(61)28(51-25(2)58)13-8-21-50-41(45)46)36(62)54-30(17-18-42)37(63)56-32(22-26-10-5-4-6-11-26)38(64)52-27(23-57)12-7-20-49-40(43)44/h4-6,10-11,23-24,27-32,47H,7-9,12-22,42H2,1-3H3,(H,48,59)(H,51,58)(H,52,64)(H,53,61)(H,54,62)(H,55,60)(H,56,63)(H,65,66)(H4,43,44,49)(H4,45,46,50)/t24-,27-,28?,29?,30-,31?,32?/m0/s1. The first-order valence-corrected chi connectivity index (χ1v) is 21.6. The smallest absolute Gasteiger partial charge is 0.326 e. The second-order valence-electron chi connectivity index (χ2n) is 15.3. The van der Waals surface area contributed by atoms with Gasteiger partial charge in [0.05, 0.1) is 12.1 Å². The summed E-state index contributed by atoms with van der Waals surface area (Å²) in [6.07, 6.45) is 0.736. The van der Waals surface area contributed by atoms with Gasteiger partial charge in [-0.05, 0) is 77.4 Å². The maximum absolute atomic E-state index is 14.0. The average Bonchev–Trinajstić information content (AvgIpc) is 3.26. The number of nitrogens with two attached hydrogens (primary N) is 5. The number of nitrogens with zero attached hydrogens (tertiary/aromatic N) is 2. The lowest BCUT2D eigenvalue weighted by Crippen LogP contribution is -2.59. The van der Waals surface area contributed by atoms with Crippen LogP contribution in [0.1, 0.15) is 77.2 Å². The number of carboxylic acid groups (broad SMARTS) is 1. The zero-order valence-electron chi connectivity index (χ0n) is 37.8. The molecule has 0 radical (unpaired) electrons. The lowest BCUT2D eigenvalue weighted by atomic mass is 10.0. The van der Waals surface area contributed by atoms with E-state index in [1.54, 1.807) is 44.3 Å². The van der Waals surface area contributed by atoms with Gasteiger partial charge in [0.2, 0.25) is 41.4 Å². The molecule has 0 fully saturated rings. The van der Waals surface area contributed by atoms with Crippen molar-refractivity contribution in [2.24, 2.45) is 38.7 Å². The minimum Gasteiger partial charge on any atom is -0.480 e. The van der Waals surface area contributed by atoms with E-state index >= 15 is 0 Å². The van der Waals surface area contributed by atoms with Crippen molar-refractivity contribution in [2.75, 3.05) is 33.2 Å². The number of aliphatic carboxylic acids is 1. The number of guanidine groups is 2. The first kappa shape index (κ1) is 57.1. The molecule has 1 aromatic rings. The maximum atomic E-state index is 14.0. The third kappa shape index (κ3) is 24.2. The van der Waals surface area contributed by atoms with Crippen LogP contribution in [0.3, 0.4) is 0 Å². The summed E-state index contributed by atoms with van der Waals surface area (Å²) in [6.45, 7) is 2.98. The molecule has 4 unspecified atom stereocenters. The Labute approximate surface area is 383 Å². The molecular formula is C41H69N15O10. The normalized spacial score (nSPS) is 13.9. The van der Waals surface area contributed by atoms with Crippen LogP contribution < -0.4 is 71.2 Å². The summed E-state index contributed by atoms with van der Waals surface area (Å²) < 4.78 is 0. The zero-order valence-corrected chi connectivity index (χ0v) is 37.8. The fourth-order valence-corrected chi connectivity index (χ4v) is 6.16. The fraction of sp³-hybridized carbons (Fsp3) is 0.585. The van der Waals surface area contributed by atoms with Gasteiger partial charge < -0.3 is 81.1 Å². The Balaban J connectivity index is 3.32. The van der Waals surface area contributed by atoms with Gasteiger partial charge in [0, 0.05) is 39.4 Å². The summed E-state index contributed by atoms with van der Waals surface area (Å²) in [4.78, 5) is 124. The number of carbonyl (C=O) groups excluding carboxylic acids is 8. The van der Waals surface area contributed by atoms with Crippen molar-refractivity contribution in [1.29, 1.82) is 0 Å². The molecule has 0 aliphatic rings. The third-order valence-corrected chi connectivity index (χ3v) is 9.83. The van der Waals surface area contributed by atoms with Crippen molar-refractivity contribution >= 4 is 65.5 Å². The van der Waals surface area contributed by atoms with Gasteiger partial charge >= 0.3 is 5.97 Å². The van der Waals surface area contributed by atoms with Crippen LogP contribution in [0, 0.1) is 0 Å². The zero-order chi connectivity index (χ0) is 49.6. The topological polar surface area (TPSA) is 425 Å². The highest BCUT2D eigenvalue weighted by molar-refractivity contribution is 5.96. The Hall–Kier alpha value is -6.89. The maximum Gasteiger partial charge on any atom is 0.326 e. The minimum atomic E-state index is -1.47. The number of aliphatic imine (C=N–C) groups is 2. The minimum absolute atomic E-state index is 0.00567. The summed E-state index contributed by atoms with van der Waals surface area (Å²) in [5.74, 6) is -6.45. The van der Waals surface area contributed by atoms with Gasteiger partial charge in [-0.25, -0.2) is 4.79 Å². The van der Waals surface area contributed by atoms with E-state index in [0.717, 1.165) is 0 Å². The van der Waals surface area contributed by atoms with Crippen molar-refractivity contribution in [3.63, 3.8) is 0 Å². The molecule has 0 aliphatic carbocycles. The molecule has 19 N–H and O–H groups in total. The molecule has 0 aliphatic heterocycles. The average molecular weight is 932 g/mol. The quantitative estimate of drug-likeness (QED) is 0.0136. The molecule has 66 heavy (non-hydrogen) atoms. The Kier molecular flexibility index (Phi) is 27.6. The highest BCUT2D eigenvalue weighted by atomic mass is 16.4. The van der Waals surface area contributed by atoms with Crippen molar-refractivity contribution in [1.82, 2.24) is 42.5 Å². The highest BCUT2D eigenvalue weighted by Gasteiger charge is 2.32. The van der Waals surface area contributed by atoms with Crippen LogP contribution >= 0.6 is 0 Å². The Bertz CT molecular complexity index is 1810. The Morgan fingerprint density at radius 2 is 1.15 bits per heavy atom. The van der Waals surface area contributed by atoms with Crippen molar-refractivity contribution in [3.8, 4) is 0 Å². The van der Waals surface area contributed by atoms with E-state index in [0.29, 0.717) is 18.3 Å². The summed E-state index contributed by atoms with van der Waals surface area (Å²) in [5.41, 5.74) is 28.0. The first-order chi connectivity index (χ1) is 31.3. The number of carbonyl (C=O) groups is 9. The van der Waals surface area contributed by atoms with Gasteiger partial charge in [-0.2, -0.15) is 0 Å². The van der Waals surface area contributed by atoms with E-state index in [9.17, 15) is 48.3 Å². The van der Waals surface area contributed by atoms with Gasteiger partial charge in [-0.15, -0.1) is 0 Å². The van der Waals surface area contributed by atoms with Gasteiger partial charge in [-0.1, -0.05) is 30.3 Å². The number of carboxylic acids is 1. The molecule has 0 spiro atoms. The van der Waals surface area contributed by atoms with Crippen LogP contribution in [0.4, 0.5) is 0 Å². The van der Waals surface area contributed by atoms with Crippen LogP contribution in [-0.4, -0.2) is 146 Å². The van der Waals surface area contributed by atoms with Crippen LogP contribution in [0.5, 0.6) is 0 Å². The highest BCUT2D eigenvalue weighted by Crippen LogP contribution is 2.09. The summed E-state index contributed by atoms with van der Waals surface area (Å²) >= 11 is 0. The monoisotopic (exact) mass is 932 g/mol. The van der Waals surface area contributed by atoms with Crippen molar-refractivity contribution < 1.29 is 48.3 Å². The largest absolute Gasteiger partial charge is 0.480 e. The molecule has 7 amide bonds. The Morgan fingerprint density at radius 1 is 0.652 bits per heavy atom. The number of amides is 7. The second-order valence-corrected chi connectivity index (χ2v) is 15.3. The van der Waals surface area contributed by atoms with Gasteiger partial charge in [0.15, 0.2) is 11.9 Å². The summed E-state index contributed by atoms with van der Waals surface area (Å²) in [7, 11) is 1.55. The molecule has 7 atom stereocenters. The number of aldehydes is 1. The van der Waals surface area contributed by atoms with E-state index in [2.05, 4.69) is 52.5 Å². The molecule has 1 rings (SSSR count). The van der Waals surface area contributed by atoms with Crippen LogP contribution in [-0.2, 0) is 49.6 Å². The molecule has 0 saturated heterocycles. The van der Waals surface area contributed by atoms with E-state index in [1.807, 2.05) is 0 Å². The van der Waals surface area contributed by atoms with E-state index in [1.165, 1.54) is 6.92 Å². The van der Waals surface area contributed by atoms with Crippen LogP contribution in [0.25, 0.3) is 0 Å². The molecular weight excluding hydrogens is 863 g/mol. The van der Waals surface area contributed by atoms with Crippen LogP contribution in [0.15, 0.2) is 40.3 Å². The number of rotatable bonds is 33. The Morgan fingerprint density at radius 3 is 1.67 bits per heavy atom. The van der Waals surface area contributed by atoms with Crippen molar-refractivity contribution in [3.05, 3.63) is 35.9 Å². The fourth-order valence-electron chi connectivity index (χ4n) is 6.16. The molecule has 1 aromatic carbocycles. The summed E-state index contributed by atoms with van der Waals surface area (Å²) in [6, 6.07) is 0.653. The molecule has 25 heteroatoms. The third-order valence-electron chi connectivity index (χ3n) is 9.83. The van der Waals surface area contributed by atoms with Gasteiger partial charge in [0.1, 0.15) is 36.5 Å². The van der Waals surface area contributed by atoms with Crippen LogP contribution in [0.2, 0.25) is 0 Å². The number of nitrogens with one attached hydrogen (secondary N) is 8. The van der Waals surface area contributed by atoms with E-state index in [-0.39, 0.29) is 95.9 Å². The molecule has 0 saturated carbocycles. The lowest BCUT2D eigenvalue weighted by molar-refractivity contribution is -0.142. The predicted octanol–water partition coefficient (Wildman–Crippen LogP) is -4.82. The second kappa shape index (κ2) is 31.9. The number of hydrogen-bond acceptors (Lipinski definition) is 13. The first-order valence-electron chi connectivity index (χ1n) is 21.6. The number of hydrogen-bond donors (Lipinski definition) is 14. The summed E-state index contributed by atoms with van der Waals surface area (Å²) in [5, 5.41) is 30.3. The number of likely N-dealkylation sites (N-methyl/N-ethyl adjacent to an activating group) is 1. The SMILES string of the molecule is CN[C@@H](C)C(=O)NC(CCCNC(=O)CCC(NC(=O)C(CCCN=C(N)N)NC(C)=O)C(=O)N[C@@H](CCN)C(=O)NC(Cc1ccccc1)C(=O)N[C@H](C=O)CCCN=C(N)N)C(=O)O. The molecule has 0 bridgehead atoms.